The van der Waals surface area contributed by atoms with Crippen LogP contribution in [0.3, 0.4) is 0 Å². The number of aryl methyl sites for hydroxylation is 1. The molecule has 0 aliphatic carbocycles. The third-order valence-electron chi connectivity index (χ3n) is 4.97. The van der Waals surface area contributed by atoms with Crippen LogP contribution < -0.4 is 10.5 Å². The van der Waals surface area contributed by atoms with E-state index in [4.69, 9.17) is 11.6 Å². The number of aromatic nitrogens is 3. The Morgan fingerprint density at radius 1 is 1.14 bits per heavy atom. The zero-order chi connectivity index (χ0) is 19.5. The van der Waals surface area contributed by atoms with E-state index in [0.29, 0.717) is 4.96 Å². The van der Waals surface area contributed by atoms with Gasteiger partial charge in [0.2, 0.25) is 10.1 Å². The summed E-state index contributed by atoms with van der Waals surface area (Å²) in [4.78, 5) is 22.4. The third kappa shape index (κ3) is 4.37. The van der Waals surface area contributed by atoms with E-state index in [1.54, 1.807) is 6.07 Å². The number of fused-ring (bicyclic) bond motifs is 1. The minimum atomic E-state index is -0.0878. The van der Waals surface area contributed by atoms with Crippen LogP contribution in [0.15, 0.2) is 35.1 Å². The van der Waals surface area contributed by atoms with E-state index in [0.717, 1.165) is 67.8 Å². The summed E-state index contributed by atoms with van der Waals surface area (Å²) >= 11 is 7.49. The average Bonchev–Trinajstić information content (AvgIpc) is 2.97. The van der Waals surface area contributed by atoms with Gasteiger partial charge in [0.05, 0.1) is 0 Å². The Morgan fingerprint density at radius 2 is 1.96 bits per heavy atom. The Labute approximate surface area is 173 Å². The maximum absolute atomic E-state index is 12.3. The van der Waals surface area contributed by atoms with Crippen molar-refractivity contribution in [2.24, 2.45) is 0 Å². The van der Waals surface area contributed by atoms with Gasteiger partial charge in [0.15, 0.2) is 0 Å². The molecular weight excluding hydrogens is 394 g/mol. The highest BCUT2D eigenvalue weighted by Crippen LogP contribution is 2.23. The number of hydrogen-bond acceptors (Lipinski definition) is 6. The molecule has 0 unspecified atom stereocenters. The lowest BCUT2D eigenvalue weighted by Gasteiger charge is -2.21. The fourth-order valence-corrected chi connectivity index (χ4v) is 4.63. The molecule has 1 fully saturated rings. The molecule has 0 spiro atoms. The SMILES string of the molecule is CCCc1cc(=O)n2nc(N3CCCN(Cc4ccc(Cl)cc4)CC3)sc2n1. The van der Waals surface area contributed by atoms with E-state index >= 15 is 0 Å². The second-order valence-electron chi connectivity index (χ2n) is 7.16. The summed E-state index contributed by atoms with van der Waals surface area (Å²) in [6.45, 7) is 6.85. The molecule has 1 aliphatic heterocycles. The van der Waals surface area contributed by atoms with E-state index in [9.17, 15) is 4.79 Å². The van der Waals surface area contributed by atoms with Gasteiger partial charge in [-0.15, -0.1) is 5.10 Å². The number of anilines is 1. The van der Waals surface area contributed by atoms with Crippen molar-refractivity contribution in [3.63, 3.8) is 0 Å². The summed E-state index contributed by atoms with van der Waals surface area (Å²) in [5, 5.41) is 6.20. The van der Waals surface area contributed by atoms with Crippen molar-refractivity contribution < 1.29 is 0 Å². The van der Waals surface area contributed by atoms with Crippen LogP contribution in [0, 0.1) is 0 Å². The van der Waals surface area contributed by atoms with Gasteiger partial charge in [-0.25, -0.2) is 4.98 Å². The van der Waals surface area contributed by atoms with Gasteiger partial charge in [-0.1, -0.05) is 48.4 Å². The van der Waals surface area contributed by atoms with Crippen LogP contribution in [0.5, 0.6) is 0 Å². The molecule has 0 radical (unpaired) electrons. The lowest BCUT2D eigenvalue weighted by molar-refractivity contribution is 0.285. The molecule has 6 nitrogen and oxygen atoms in total. The fraction of sp³-hybridized carbons (Fsp3) is 0.450. The van der Waals surface area contributed by atoms with E-state index < -0.39 is 0 Å². The lowest BCUT2D eigenvalue weighted by Crippen LogP contribution is -2.30. The zero-order valence-electron chi connectivity index (χ0n) is 16.0. The van der Waals surface area contributed by atoms with Crippen molar-refractivity contribution in [2.75, 3.05) is 31.1 Å². The first kappa shape index (κ1) is 19.4. The zero-order valence-corrected chi connectivity index (χ0v) is 17.5. The Hall–Kier alpha value is -1.96. The molecule has 0 saturated carbocycles. The number of halogens is 1. The van der Waals surface area contributed by atoms with Crippen LogP contribution in [0.25, 0.3) is 4.96 Å². The van der Waals surface area contributed by atoms with Crippen molar-refractivity contribution in [1.82, 2.24) is 19.5 Å². The maximum Gasteiger partial charge on any atom is 0.275 e. The van der Waals surface area contributed by atoms with E-state index in [2.05, 4.69) is 38.9 Å². The van der Waals surface area contributed by atoms with Crippen LogP contribution in [0.2, 0.25) is 5.02 Å². The smallest absolute Gasteiger partial charge is 0.275 e. The van der Waals surface area contributed by atoms with Crippen LogP contribution in [0.1, 0.15) is 31.0 Å². The Kier molecular flexibility index (Phi) is 5.94. The minimum Gasteiger partial charge on any atom is -0.345 e. The highest BCUT2D eigenvalue weighted by atomic mass is 35.5. The molecule has 1 aromatic carbocycles. The number of nitrogens with zero attached hydrogens (tertiary/aromatic N) is 5. The Morgan fingerprint density at radius 3 is 2.75 bits per heavy atom. The lowest BCUT2D eigenvalue weighted by atomic mass is 10.2. The predicted octanol–water partition coefficient (Wildman–Crippen LogP) is 3.47. The number of rotatable bonds is 5. The minimum absolute atomic E-state index is 0.0878. The second kappa shape index (κ2) is 8.59. The summed E-state index contributed by atoms with van der Waals surface area (Å²) in [6, 6.07) is 9.67. The summed E-state index contributed by atoms with van der Waals surface area (Å²) in [7, 11) is 0. The average molecular weight is 418 g/mol. The molecule has 1 saturated heterocycles. The van der Waals surface area contributed by atoms with Crippen LogP contribution in [0.4, 0.5) is 5.13 Å². The van der Waals surface area contributed by atoms with Gasteiger partial charge in [0.25, 0.3) is 5.56 Å². The van der Waals surface area contributed by atoms with Crippen molar-refractivity contribution in [3.05, 3.63) is 57.0 Å². The molecule has 148 valence electrons. The topological polar surface area (TPSA) is 53.7 Å². The van der Waals surface area contributed by atoms with Crippen LogP contribution >= 0.6 is 22.9 Å². The highest BCUT2D eigenvalue weighted by Gasteiger charge is 2.19. The maximum atomic E-state index is 12.3. The molecule has 3 aromatic rings. The largest absolute Gasteiger partial charge is 0.345 e. The Bertz CT molecular complexity index is 1000. The van der Waals surface area contributed by atoms with E-state index in [1.165, 1.54) is 21.4 Å². The third-order valence-corrected chi connectivity index (χ3v) is 6.19. The van der Waals surface area contributed by atoms with Gasteiger partial charge >= 0.3 is 0 Å². The summed E-state index contributed by atoms with van der Waals surface area (Å²) in [5.74, 6) is 0. The molecule has 2 aromatic heterocycles. The second-order valence-corrected chi connectivity index (χ2v) is 8.53. The van der Waals surface area contributed by atoms with Crippen molar-refractivity contribution in [3.8, 4) is 0 Å². The molecule has 4 rings (SSSR count). The molecule has 0 bridgehead atoms. The van der Waals surface area contributed by atoms with Gasteiger partial charge in [-0.05, 0) is 30.5 Å². The van der Waals surface area contributed by atoms with Gasteiger partial charge in [0, 0.05) is 49.5 Å². The van der Waals surface area contributed by atoms with Crippen molar-refractivity contribution in [1.29, 1.82) is 0 Å². The fourth-order valence-electron chi connectivity index (χ4n) is 3.53. The van der Waals surface area contributed by atoms with Gasteiger partial charge in [-0.3, -0.25) is 9.69 Å². The summed E-state index contributed by atoms with van der Waals surface area (Å²) in [6.07, 6.45) is 2.86. The standard InChI is InChI=1S/C20H24ClN5OS/c1-2-4-17-13-18(27)26-19(22-17)28-20(23-26)25-10-3-9-24(11-12-25)14-15-5-7-16(21)8-6-15/h5-8,13H,2-4,9-12,14H2,1H3. The monoisotopic (exact) mass is 417 g/mol. The molecule has 0 amide bonds. The quantitative estimate of drug-likeness (QED) is 0.636. The first-order valence-electron chi connectivity index (χ1n) is 9.74. The molecule has 0 N–H and O–H groups in total. The van der Waals surface area contributed by atoms with Gasteiger partial charge in [0.1, 0.15) is 0 Å². The molecule has 1 aliphatic rings. The normalized spacial score (nSPS) is 15.9. The van der Waals surface area contributed by atoms with Gasteiger partial charge in [-0.2, -0.15) is 4.52 Å². The van der Waals surface area contributed by atoms with E-state index in [-0.39, 0.29) is 5.56 Å². The Balaban J connectivity index is 1.47. The van der Waals surface area contributed by atoms with E-state index in [1.807, 2.05) is 12.1 Å². The van der Waals surface area contributed by atoms with Crippen molar-refractivity contribution in [2.45, 2.75) is 32.7 Å². The number of hydrogen-bond donors (Lipinski definition) is 0. The molecule has 28 heavy (non-hydrogen) atoms. The molecular formula is C20H24ClN5OS. The first-order valence-corrected chi connectivity index (χ1v) is 10.9. The van der Waals surface area contributed by atoms with Crippen LogP contribution in [-0.4, -0.2) is 45.7 Å². The van der Waals surface area contributed by atoms with Gasteiger partial charge < -0.3 is 4.90 Å². The molecule has 8 heteroatoms. The summed E-state index contributed by atoms with van der Waals surface area (Å²) in [5.41, 5.74) is 2.04. The number of benzene rings is 1. The molecule has 3 heterocycles. The highest BCUT2D eigenvalue weighted by molar-refractivity contribution is 7.20. The summed E-state index contributed by atoms with van der Waals surface area (Å²) < 4.78 is 1.44. The predicted molar refractivity (Wildman–Crippen MR) is 115 cm³/mol. The van der Waals surface area contributed by atoms with Crippen molar-refractivity contribution >= 4 is 33.0 Å². The molecule has 0 atom stereocenters. The first-order chi connectivity index (χ1) is 13.6. The van der Waals surface area contributed by atoms with Crippen LogP contribution in [-0.2, 0) is 13.0 Å².